The number of hydrogen-bond acceptors (Lipinski definition) is 2. The molecule has 1 aliphatic rings. The fourth-order valence-corrected chi connectivity index (χ4v) is 2.57. The zero-order valence-electron chi connectivity index (χ0n) is 10.4. The maximum absolute atomic E-state index is 13.6. The molecule has 1 fully saturated rings. The van der Waals surface area contributed by atoms with Crippen LogP contribution in [-0.4, -0.2) is 18.0 Å². The molecule has 1 aromatic carbocycles. The molecule has 2 rings (SSSR count). The Labute approximate surface area is 123 Å². The Morgan fingerprint density at radius 2 is 2.05 bits per heavy atom. The van der Waals surface area contributed by atoms with Crippen molar-refractivity contribution in [2.24, 2.45) is 5.73 Å². The van der Waals surface area contributed by atoms with Gasteiger partial charge in [-0.3, -0.25) is 4.79 Å². The standard InChI is InChI=1S/C13H16ClFN2O.ClH/c14-9-3-4-10(11(15)7-9)12(18)17-13(8-16)5-1-2-6-13;/h3-4,7H,1-2,5-6,8,16H2,(H,17,18);1H. The summed E-state index contributed by atoms with van der Waals surface area (Å²) >= 11 is 5.65. The molecule has 0 aliphatic heterocycles. The Hall–Kier alpha value is -0.840. The molecule has 3 N–H and O–H groups in total. The lowest BCUT2D eigenvalue weighted by atomic mass is 9.97. The van der Waals surface area contributed by atoms with Crippen molar-refractivity contribution in [2.45, 2.75) is 31.2 Å². The number of hydrogen-bond donors (Lipinski definition) is 2. The molecule has 19 heavy (non-hydrogen) atoms. The predicted molar refractivity (Wildman–Crippen MR) is 76.4 cm³/mol. The van der Waals surface area contributed by atoms with Crippen LogP contribution >= 0.6 is 24.0 Å². The SMILES string of the molecule is Cl.NCC1(NC(=O)c2ccc(Cl)cc2F)CCCC1. The molecule has 1 amide bonds. The quantitative estimate of drug-likeness (QED) is 0.902. The molecular formula is C13H17Cl2FN2O. The van der Waals surface area contributed by atoms with Gasteiger partial charge in [0.05, 0.1) is 11.1 Å². The molecule has 0 bridgehead atoms. The summed E-state index contributed by atoms with van der Waals surface area (Å²) in [6.07, 6.45) is 3.79. The Kier molecular flexibility index (Phi) is 5.59. The van der Waals surface area contributed by atoms with Crippen LogP contribution in [-0.2, 0) is 0 Å². The van der Waals surface area contributed by atoms with Gasteiger partial charge in [-0.05, 0) is 31.0 Å². The number of nitrogens with one attached hydrogen (secondary N) is 1. The summed E-state index contributed by atoms with van der Waals surface area (Å²) in [5.74, 6) is -1.03. The summed E-state index contributed by atoms with van der Waals surface area (Å²) in [6.45, 7) is 0.383. The Morgan fingerprint density at radius 3 is 2.58 bits per heavy atom. The first-order chi connectivity index (χ1) is 8.56. The maximum Gasteiger partial charge on any atom is 0.254 e. The van der Waals surface area contributed by atoms with E-state index in [0.717, 1.165) is 31.7 Å². The summed E-state index contributed by atoms with van der Waals surface area (Å²) in [7, 11) is 0. The van der Waals surface area contributed by atoms with Gasteiger partial charge < -0.3 is 11.1 Å². The van der Waals surface area contributed by atoms with Crippen molar-refractivity contribution < 1.29 is 9.18 Å². The summed E-state index contributed by atoms with van der Waals surface area (Å²) in [6, 6.07) is 4.04. The average Bonchev–Trinajstić information content (AvgIpc) is 2.78. The highest BCUT2D eigenvalue weighted by atomic mass is 35.5. The summed E-state index contributed by atoms with van der Waals surface area (Å²) < 4.78 is 13.6. The molecule has 1 aromatic rings. The number of benzene rings is 1. The molecule has 1 aliphatic carbocycles. The van der Waals surface area contributed by atoms with Gasteiger partial charge in [-0.2, -0.15) is 0 Å². The van der Waals surface area contributed by atoms with Gasteiger partial charge in [-0.1, -0.05) is 24.4 Å². The van der Waals surface area contributed by atoms with Crippen molar-refractivity contribution in [2.75, 3.05) is 6.54 Å². The van der Waals surface area contributed by atoms with E-state index >= 15 is 0 Å². The topological polar surface area (TPSA) is 55.1 Å². The minimum atomic E-state index is -0.606. The molecule has 6 heteroatoms. The first kappa shape index (κ1) is 16.2. The van der Waals surface area contributed by atoms with Crippen LogP contribution in [0.15, 0.2) is 18.2 Å². The maximum atomic E-state index is 13.6. The summed E-state index contributed by atoms with van der Waals surface area (Å²) in [4.78, 5) is 12.0. The highest BCUT2D eigenvalue weighted by Crippen LogP contribution is 2.29. The van der Waals surface area contributed by atoms with Crippen LogP contribution in [0, 0.1) is 5.82 Å². The third-order valence-electron chi connectivity index (χ3n) is 3.51. The van der Waals surface area contributed by atoms with Gasteiger partial charge in [-0.25, -0.2) is 4.39 Å². The number of carbonyl (C=O) groups excluding carboxylic acids is 1. The molecule has 0 aromatic heterocycles. The molecule has 0 unspecified atom stereocenters. The Bertz CT molecular complexity index is 462. The zero-order chi connectivity index (χ0) is 13.2. The minimum absolute atomic E-state index is 0. The van der Waals surface area contributed by atoms with E-state index in [-0.39, 0.29) is 28.5 Å². The molecule has 3 nitrogen and oxygen atoms in total. The molecule has 106 valence electrons. The normalized spacial score (nSPS) is 16.8. The fourth-order valence-electron chi connectivity index (χ4n) is 2.41. The van der Waals surface area contributed by atoms with Gasteiger partial charge in [0.25, 0.3) is 5.91 Å². The van der Waals surface area contributed by atoms with Crippen LogP contribution in [0.25, 0.3) is 0 Å². The number of amides is 1. The van der Waals surface area contributed by atoms with Crippen molar-refractivity contribution >= 4 is 29.9 Å². The van der Waals surface area contributed by atoms with Gasteiger partial charge in [0.15, 0.2) is 0 Å². The lowest BCUT2D eigenvalue weighted by Crippen LogP contribution is -2.51. The molecule has 0 atom stereocenters. The Balaban J connectivity index is 0.00000180. The third-order valence-corrected chi connectivity index (χ3v) is 3.74. The van der Waals surface area contributed by atoms with Crippen LogP contribution in [0.3, 0.4) is 0 Å². The van der Waals surface area contributed by atoms with Crippen LogP contribution in [0.5, 0.6) is 0 Å². The first-order valence-electron chi connectivity index (χ1n) is 6.04. The number of rotatable bonds is 3. The molecule has 0 radical (unpaired) electrons. The predicted octanol–water partition coefficient (Wildman–Crippen LogP) is 2.90. The summed E-state index contributed by atoms with van der Waals surface area (Å²) in [5.41, 5.74) is 5.37. The summed E-state index contributed by atoms with van der Waals surface area (Å²) in [5, 5.41) is 3.15. The van der Waals surface area contributed by atoms with Crippen LogP contribution in [0.2, 0.25) is 5.02 Å². The van der Waals surface area contributed by atoms with E-state index in [1.165, 1.54) is 12.1 Å². The van der Waals surface area contributed by atoms with Crippen LogP contribution in [0.4, 0.5) is 4.39 Å². The van der Waals surface area contributed by atoms with Crippen molar-refractivity contribution in [3.63, 3.8) is 0 Å². The van der Waals surface area contributed by atoms with E-state index in [9.17, 15) is 9.18 Å². The van der Waals surface area contributed by atoms with Gasteiger partial charge >= 0.3 is 0 Å². The Morgan fingerprint density at radius 1 is 1.42 bits per heavy atom. The van der Waals surface area contributed by atoms with E-state index in [1.807, 2.05) is 0 Å². The van der Waals surface area contributed by atoms with Gasteiger partial charge in [-0.15, -0.1) is 12.4 Å². The van der Waals surface area contributed by atoms with Gasteiger partial charge in [0, 0.05) is 11.6 Å². The molecule has 0 heterocycles. The molecule has 1 saturated carbocycles. The lowest BCUT2D eigenvalue weighted by molar-refractivity contribution is 0.0899. The smallest absolute Gasteiger partial charge is 0.254 e. The van der Waals surface area contributed by atoms with Crippen molar-refractivity contribution in [1.29, 1.82) is 0 Å². The highest BCUT2D eigenvalue weighted by molar-refractivity contribution is 6.30. The van der Waals surface area contributed by atoms with Crippen molar-refractivity contribution in [3.05, 3.63) is 34.6 Å². The van der Waals surface area contributed by atoms with Gasteiger partial charge in [0.1, 0.15) is 5.82 Å². The zero-order valence-corrected chi connectivity index (χ0v) is 12.0. The van der Waals surface area contributed by atoms with E-state index in [4.69, 9.17) is 17.3 Å². The number of nitrogens with two attached hydrogens (primary N) is 1. The first-order valence-corrected chi connectivity index (χ1v) is 6.42. The highest BCUT2D eigenvalue weighted by Gasteiger charge is 2.34. The lowest BCUT2D eigenvalue weighted by Gasteiger charge is -2.28. The second-order valence-electron chi connectivity index (χ2n) is 4.77. The van der Waals surface area contributed by atoms with Crippen molar-refractivity contribution in [3.8, 4) is 0 Å². The number of halogens is 3. The van der Waals surface area contributed by atoms with Gasteiger partial charge in [0.2, 0.25) is 0 Å². The van der Waals surface area contributed by atoms with E-state index < -0.39 is 11.7 Å². The van der Waals surface area contributed by atoms with Crippen molar-refractivity contribution in [1.82, 2.24) is 5.32 Å². The molecule has 0 spiro atoms. The van der Waals surface area contributed by atoms with E-state index in [0.29, 0.717) is 6.54 Å². The fraction of sp³-hybridized carbons (Fsp3) is 0.462. The minimum Gasteiger partial charge on any atom is -0.345 e. The van der Waals surface area contributed by atoms with Crippen LogP contribution in [0.1, 0.15) is 36.0 Å². The average molecular weight is 307 g/mol. The molecular weight excluding hydrogens is 290 g/mol. The second-order valence-corrected chi connectivity index (χ2v) is 5.21. The van der Waals surface area contributed by atoms with Crippen LogP contribution < -0.4 is 11.1 Å². The van der Waals surface area contributed by atoms with E-state index in [1.54, 1.807) is 0 Å². The monoisotopic (exact) mass is 306 g/mol. The molecule has 0 saturated heterocycles. The number of carbonyl (C=O) groups is 1. The second kappa shape index (κ2) is 6.55. The van der Waals surface area contributed by atoms with E-state index in [2.05, 4.69) is 5.32 Å². The largest absolute Gasteiger partial charge is 0.345 e. The third kappa shape index (κ3) is 3.59.